The summed E-state index contributed by atoms with van der Waals surface area (Å²) in [6.45, 7) is 2.58. The first-order chi connectivity index (χ1) is 13.3. The van der Waals surface area contributed by atoms with Crippen molar-refractivity contribution in [2.45, 2.75) is 43.5 Å². The summed E-state index contributed by atoms with van der Waals surface area (Å²) in [7, 11) is 0. The molecule has 0 bridgehead atoms. The van der Waals surface area contributed by atoms with Crippen molar-refractivity contribution in [1.29, 1.82) is 0 Å². The number of rotatable bonds is 6. The van der Waals surface area contributed by atoms with Gasteiger partial charge < -0.3 is 0 Å². The molecule has 0 spiro atoms. The van der Waals surface area contributed by atoms with Gasteiger partial charge in [-0.05, 0) is 0 Å². The molecule has 3 atom stereocenters. The summed E-state index contributed by atoms with van der Waals surface area (Å²) in [4.78, 5) is 0.755. The van der Waals surface area contributed by atoms with E-state index in [4.69, 9.17) is 4.74 Å². The molecule has 27 heavy (non-hydrogen) atoms. The Morgan fingerprint density at radius 2 is 1.78 bits per heavy atom. The average Bonchev–Trinajstić information content (AvgIpc) is 3.17. The monoisotopic (exact) mass is 426 g/mol. The second-order valence-electron chi connectivity index (χ2n) is 7.34. The zero-order chi connectivity index (χ0) is 18.5. The van der Waals surface area contributed by atoms with E-state index in [1.54, 1.807) is 0 Å². The second-order valence-corrected chi connectivity index (χ2v) is 10.1. The molecule has 4 rings (SSSR count). The van der Waals surface area contributed by atoms with Crippen LogP contribution in [0.5, 0.6) is 5.75 Å². The van der Waals surface area contributed by atoms with Gasteiger partial charge in [-0.2, -0.15) is 0 Å². The van der Waals surface area contributed by atoms with Crippen LogP contribution in [0, 0.1) is 12.8 Å². The van der Waals surface area contributed by atoms with Crippen LogP contribution in [-0.4, -0.2) is 27.6 Å². The number of azo groups is 1. The molecular weight excluding hydrogens is 399 g/mol. The SMILES string of the molecule is Cc1ccccc1OCC1=CC([C@@H]2CCCC[C@H]2[Se]c2ccccc2)N=N1. The molecule has 1 unspecified atom stereocenters. The van der Waals surface area contributed by atoms with Gasteiger partial charge >= 0.3 is 168 Å². The van der Waals surface area contributed by atoms with Gasteiger partial charge in [-0.25, -0.2) is 0 Å². The molecule has 1 aliphatic heterocycles. The van der Waals surface area contributed by atoms with E-state index in [0.29, 0.717) is 27.5 Å². The number of hydrogen-bond acceptors (Lipinski definition) is 3. The summed E-state index contributed by atoms with van der Waals surface area (Å²) in [5, 5.41) is 9.08. The Balaban J connectivity index is 1.40. The van der Waals surface area contributed by atoms with Gasteiger partial charge in [-0.15, -0.1) is 0 Å². The topological polar surface area (TPSA) is 34.0 Å². The van der Waals surface area contributed by atoms with Crippen molar-refractivity contribution in [2.24, 2.45) is 16.1 Å². The van der Waals surface area contributed by atoms with Crippen molar-refractivity contribution < 1.29 is 4.74 Å². The van der Waals surface area contributed by atoms with E-state index in [2.05, 4.69) is 59.6 Å². The standard InChI is InChI=1S/C23H26N2OSe/c1-17-9-5-7-13-22(17)26-16-18-15-21(25-24-18)20-12-6-8-14-23(20)27-19-10-3-2-4-11-19/h2-5,7,9-11,13,15,20-21,23H,6,8,12,14,16H2,1H3/t20-,21?,23+/m0/s1. The van der Waals surface area contributed by atoms with Crippen LogP contribution in [0.25, 0.3) is 0 Å². The molecule has 1 heterocycles. The first kappa shape index (κ1) is 18.5. The zero-order valence-corrected chi connectivity index (χ0v) is 17.5. The zero-order valence-electron chi connectivity index (χ0n) is 15.8. The Bertz CT molecular complexity index is 818. The van der Waals surface area contributed by atoms with Crippen molar-refractivity contribution in [1.82, 2.24) is 0 Å². The Hall–Kier alpha value is -1.90. The Morgan fingerprint density at radius 1 is 1.00 bits per heavy atom. The predicted octanol–water partition coefficient (Wildman–Crippen LogP) is 5.10. The molecular formula is C23H26N2OSe. The van der Waals surface area contributed by atoms with Crippen LogP contribution in [0.3, 0.4) is 0 Å². The van der Waals surface area contributed by atoms with Crippen LogP contribution in [0.2, 0.25) is 4.82 Å². The molecule has 4 heteroatoms. The Kier molecular flexibility index (Phi) is 6.06. The van der Waals surface area contributed by atoms with Gasteiger partial charge in [0.05, 0.1) is 0 Å². The number of ether oxygens (including phenoxy) is 1. The van der Waals surface area contributed by atoms with Crippen LogP contribution in [0.15, 0.2) is 76.6 Å². The molecule has 0 amide bonds. The van der Waals surface area contributed by atoms with Gasteiger partial charge in [-0.1, -0.05) is 0 Å². The van der Waals surface area contributed by atoms with Crippen LogP contribution in [0.4, 0.5) is 0 Å². The van der Waals surface area contributed by atoms with Crippen LogP contribution in [0.1, 0.15) is 31.2 Å². The third-order valence-corrected chi connectivity index (χ3v) is 8.38. The van der Waals surface area contributed by atoms with E-state index >= 15 is 0 Å². The molecule has 0 aromatic heterocycles. The van der Waals surface area contributed by atoms with E-state index in [-0.39, 0.29) is 6.04 Å². The molecule has 1 fully saturated rings. The van der Waals surface area contributed by atoms with E-state index in [1.807, 2.05) is 18.2 Å². The maximum absolute atomic E-state index is 5.96. The number of hydrogen-bond donors (Lipinski definition) is 0. The van der Waals surface area contributed by atoms with Crippen molar-refractivity contribution in [3.8, 4) is 5.75 Å². The van der Waals surface area contributed by atoms with Crippen LogP contribution in [-0.2, 0) is 0 Å². The van der Waals surface area contributed by atoms with E-state index in [0.717, 1.165) is 21.8 Å². The van der Waals surface area contributed by atoms with Gasteiger partial charge in [0.15, 0.2) is 0 Å². The molecule has 2 aliphatic rings. The van der Waals surface area contributed by atoms with Crippen molar-refractivity contribution in [3.05, 3.63) is 71.9 Å². The molecule has 0 N–H and O–H groups in total. The molecule has 2 aromatic rings. The molecule has 140 valence electrons. The molecule has 1 aliphatic carbocycles. The van der Waals surface area contributed by atoms with Gasteiger partial charge in [-0.3, -0.25) is 0 Å². The van der Waals surface area contributed by atoms with Gasteiger partial charge in [0.25, 0.3) is 0 Å². The molecule has 0 radical (unpaired) electrons. The van der Waals surface area contributed by atoms with Crippen LogP contribution < -0.4 is 9.20 Å². The number of nitrogens with zero attached hydrogens (tertiary/aromatic N) is 2. The maximum atomic E-state index is 5.96. The second kappa shape index (κ2) is 8.86. The van der Waals surface area contributed by atoms with Crippen molar-refractivity contribution in [2.75, 3.05) is 6.61 Å². The summed E-state index contributed by atoms with van der Waals surface area (Å²) in [6, 6.07) is 19.3. The van der Waals surface area contributed by atoms with Crippen LogP contribution >= 0.6 is 0 Å². The summed E-state index contributed by atoms with van der Waals surface area (Å²) < 4.78 is 7.46. The quantitative estimate of drug-likeness (QED) is 0.593. The first-order valence-electron chi connectivity index (χ1n) is 9.81. The fourth-order valence-corrected chi connectivity index (χ4v) is 6.88. The normalized spacial score (nSPS) is 24.6. The average molecular weight is 425 g/mol. The summed E-state index contributed by atoms with van der Waals surface area (Å²) >= 11 is 0.510. The molecule has 3 nitrogen and oxygen atoms in total. The molecule has 0 saturated heterocycles. The van der Waals surface area contributed by atoms with E-state index in [1.165, 1.54) is 30.1 Å². The third kappa shape index (κ3) is 4.69. The van der Waals surface area contributed by atoms with E-state index < -0.39 is 0 Å². The number of para-hydroxylation sites is 1. The Labute approximate surface area is 168 Å². The summed E-state index contributed by atoms with van der Waals surface area (Å²) in [5.74, 6) is 1.55. The number of aryl methyl sites for hydroxylation is 1. The molecule has 2 aromatic carbocycles. The minimum absolute atomic E-state index is 0.233. The summed E-state index contributed by atoms with van der Waals surface area (Å²) in [5.41, 5.74) is 2.13. The summed E-state index contributed by atoms with van der Waals surface area (Å²) in [6.07, 6.45) is 7.52. The third-order valence-electron chi connectivity index (χ3n) is 5.37. The fourth-order valence-electron chi connectivity index (χ4n) is 3.90. The number of benzene rings is 2. The minimum atomic E-state index is 0.233. The van der Waals surface area contributed by atoms with Crippen molar-refractivity contribution in [3.63, 3.8) is 0 Å². The van der Waals surface area contributed by atoms with E-state index in [9.17, 15) is 0 Å². The van der Waals surface area contributed by atoms with Gasteiger partial charge in [0.1, 0.15) is 0 Å². The first-order valence-corrected chi connectivity index (χ1v) is 11.7. The van der Waals surface area contributed by atoms with Crippen molar-refractivity contribution >= 4 is 19.4 Å². The van der Waals surface area contributed by atoms with Gasteiger partial charge in [0.2, 0.25) is 0 Å². The molecule has 1 saturated carbocycles. The fraction of sp³-hybridized carbons (Fsp3) is 0.391. The van der Waals surface area contributed by atoms with Gasteiger partial charge in [0, 0.05) is 0 Å². The predicted molar refractivity (Wildman–Crippen MR) is 111 cm³/mol. The Morgan fingerprint density at radius 3 is 2.63 bits per heavy atom.